The Bertz CT molecular complexity index is 1170. The van der Waals surface area contributed by atoms with Gasteiger partial charge in [0.15, 0.2) is 5.66 Å². The number of alkyl halides is 3. The molecule has 1 aromatic heterocycles. The first-order chi connectivity index (χ1) is 16.5. The van der Waals surface area contributed by atoms with Gasteiger partial charge in [0.1, 0.15) is 11.6 Å². The van der Waals surface area contributed by atoms with Crippen molar-refractivity contribution in [2.45, 2.75) is 31.6 Å². The Morgan fingerprint density at radius 2 is 1.97 bits per heavy atom. The number of rotatable bonds is 5. The van der Waals surface area contributed by atoms with Crippen LogP contribution in [0.3, 0.4) is 0 Å². The Labute approximate surface area is 202 Å². The first kappa shape index (κ1) is 24.8. The van der Waals surface area contributed by atoms with Gasteiger partial charge in [-0.25, -0.2) is 15.0 Å². The number of likely N-dealkylation sites (N-methyl/N-ethyl adjacent to an activating group) is 2. The van der Waals surface area contributed by atoms with Crippen molar-refractivity contribution in [3.05, 3.63) is 41.1 Å². The van der Waals surface area contributed by atoms with Crippen LogP contribution in [0, 0.1) is 12.8 Å². The topological polar surface area (TPSA) is 85.5 Å². The van der Waals surface area contributed by atoms with Crippen molar-refractivity contribution in [3.63, 3.8) is 0 Å². The molecule has 0 radical (unpaired) electrons. The zero-order chi connectivity index (χ0) is 25.4. The minimum atomic E-state index is -4.56. The molecule has 1 fully saturated rings. The second-order valence-electron chi connectivity index (χ2n) is 9.19. The van der Waals surface area contributed by atoms with E-state index in [-0.39, 0.29) is 30.2 Å². The fraction of sp³-hybridized carbons (Fsp3) is 0.458. The summed E-state index contributed by atoms with van der Waals surface area (Å²) in [6, 6.07) is 3.75. The second kappa shape index (κ2) is 9.37. The van der Waals surface area contributed by atoms with Gasteiger partial charge in [0.2, 0.25) is 5.96 Å². The summed E-state index contributed by atoms with van der Waals surface area (Å²) in [5, 5.41) is 3.14. The molecular formula is C24H28F3N7O. The number of aryl methyl sites for hydroxylation is 1. The minimum Gasteiger partial charge on any atom is -0.358 e. The van der Waals surface area contributed by atoms with E-state index in [9.17, 15) is 18.0 Å². The highest BCUT2D eigenvalue weighted by molar-refractivity contribution is 6.03. The quantitative estimate of drug-likeness (QED) is 0.688. The molecule has 3 aliphatic rings. The molecule has 11 heteroatoms. The molecule has 1 N–H and O–H groups in total. The number of allylic oxidation sites excluding steroid dienone is 3. The molecule has 186 valence electrons. The van der Waals surface area contributed by atoms with Crippen LogP contribution < -0.4 is 10.2 Å². The average Bonchev–Trinajstić information content (AvgIpc) is 2.96. The zero-order valence-electron chi connectivity index (χ0n) is 20.1. The number of aromatic nitrogens is 1. The van der Waals surface area contributed by atoms with Crippen LogP contribution in [-0.4, -0.2) is 80.1 Å². The van der Waals surface area contributed by atoms with E-state index in [0.717, 1.165) is 43.0 Å². The van der Waals surface area contributed by atoms with E-state index in [1.54, 1.807) is 6.21 Å². The fourth-order valence-electron chi connectivity index (χ4n) is 4.25. The van der Waals surface area contributed by atoms with Gasteiger partial charge in [-0.05, 0) is 50.9 Å². The van der Waals surface area contributed by atoms with Gasteiger partial charge in [0.05, 0.1) is 22.9 Å². The summed E-state index contributed by atoms with van der Waals surface area (Å²) in [7, 11) is 5.99. The maximum Gasteiger partial charge on any atom is 0.416 e. The smallest absolute Gasteiger partial charge is 0.358 e. The highest BCUT2D eigenvalue weighted by Gasteiger charge is 2.49. The molecule has 0 amide bonds. The molecule has 2 aliphatic heterocycles. The molecule has 1 aromatic rings. The van der Waals surface area contributed by atoms with Crippen molar-refractivity contribution in [1.82, 2.24) is 9.88 Å². The zero-order valence-corrected chi connectivity index (χ0v) is 20.1. The SMILES string of the molecule is Cc1nc(N(C)CCN(C)C)ccc1NC1=NC23N=CC=C(C(F)(F)F)C=C2CC(=O)CC3C=N1. The summed E-state index contributed by atoms with van der Waals surface area (Å²) in [5.74, 6) is 0.304. The lowest BCUT2D eigenvalue weighted by Crippen LogP contribution is -2.46. The third kappa shape index (κ3) is 5.19. The number of nitrogens with zero attached hydrogens (tertiary/aromatic N) is 6. The van der Waals surface area contributed by atoms with E-state index < -0.39 is 23.3 Å². The van der Waals surface area contributed by atoms with Crippen LogP contribution in [0.15, 0.2) is 50.4 Å². The van der Waals surface area contributed by atoms with Gasteiger partial charge in [0, 0.05) is 45.4 Å². The van der Waals surface area contributed by atoms with E-state index in [0.29, 0.717) is 5.69 Å². The summed E-state index contributed by atoms with van der Waals surface area (Å²) in [6.07, 6.45) is 0.0184. The van der Waals surface area contributed by atoms with Gasteiger partial charge >= 0.3 is 6.18 Å². The van der Waals surface area contributed by atoms with Crippen molar-refractivity contribution in [2.75, 3.05) is 44.4 Å². The predicted molar refractivity (Wildman–Crippen MR) is 132 cm³/mol. The molecule has 0 bridgehead atoms. The minimum absolute atomic E-state index is 0.116. The molecule has 3 heterocycles. The number of anilines is 2. The molecular weight excluding hydrogens is 459 g/mol. The van der Waals surface area contributed by atoms with Crippen LogP contribution in [0.4, 0.5) is 24.7 Å². The third-order valence-corrected chi connectivity index (χ3v) is 6.25. The van der Waals surface area contributed by atoms with Crippen molar-refractivity contribution in [3.8, 4) is 0 Å². The lowest BCUT2D eigenvalue weighted by molar-refractivity contribution is -0.120. The van der Waals surface area contributed by atoms with Gasteiger partial charge in [-0.1, -0.05) is 0 Å². The van der Waals surface area contributed by atoms with Crippen molar-refractivity contribution in [2.24, 2.45) is 20.9 Å². The molecule has 2 unspecified atom stereocenters. The van der Waals surface area contributed by atoms with Crippen molar-refractivity contribution >= 4 is 35.7 Å². The molecule has 35 heavy (non-hydrogen) atoms. The van der Waals surface area contributed by atoms with Crippen LogP contribution in [0.5, 0.6) is 0 Å². The molecule has 8 nitrogen and oxygen atoms in total. The van der Waals surface area contributed by atoms with E-state index >= 15 is 0 Å². The number of carbonyl (C=O) groups is 1. The van der Waals surface area contributed by atoms with Crippen LogP contribution in [0.2, 0.25) is 0 Å². The fourth-order valence-corrected chi connectivity index (χ4v) is 4.25. The Hall–Kier alpha value is -3.34. The highest BCUT2D eigenvalue weighted by atomic mass is 19.4. The average molecular weight is 488 g/mol. The number of halogens is 3. The number of nitrogens with one attached hydrogen (secondary N) is 1. The summed E-state index contributed by atoms with van der Waals surface area (Å²) in [4.78, 5) is 34.5. The maximum atomic E-state index is 13.4. The molecule has 0 aromatic carbocycles. The van der Waals surface area contributed by atoms with Crippen LogP contribution in [0.25, 0.3) is 0 Å². The molecule has 4 rings (SSSR count). The number of carbonyl (C=O) groups excluding carboxylic acids is 1. The first-order valence-corrected chi connectivity index (χ1v) is 11.3. The maximum absolute atomic E-state index is 13.4. The van der Waals surface area contributed by atoms with Crippen molar-refractivity contribution in [1.29, 1.82) is 0 Å². The van der Waals surface area contributed by atoms with Gasteiger partial charge in [-0.3, -0.25) is 9.79 Å². The van der Waals surface area contributed by atoms with Gasteiger partial charge in [-0.2, -0.15) is 13.2 Å². The van der Waals surface area contributed by atoms with E-state index in [4.69, 9.17) is 0 Å². The van der Waals surface area contributed by atoms with Crippen LogP contribution in [0.1, 0.15) is 18.5 Å². The van der Waals surface area contributed by atoms with E-state index in [2.05, 4.69) is 35.1 Å². The number of aliphatic imine (C=N–C) groups is 3. The van der Waals surface area contributed by atoms with Crippen LogP contribution >= 0.6 is 0 Å². The molecule has 1 aliphatic carbocycles. The summed E-state index contributed by atoms with van der Waals surface area (Å²) in [6.45, 7) is 3.55. The lowest BCUT2D eigenvalue weighted by atomic mass is 9.74. The van der Waals surface area contributed by atoms with Gasteiger partial charge in [0.25, 0.3) is 0 Å². The Morgan fingerprint density at radius 3 is 2.66 bits per heavy atom. The summed E-state index contributed by atoms with van der Waals surface area (Å²) in [5.41, 5.74) is -0.590. The van der Waals surface area contributed by atoms with Gasteiger partial charge in [-0.15, -0.1) is 0 Å². The Kier molecular flexibility index (Phi) is 6.63. The van der Waals surface area contributed by atoms with Crippen LogP contribution in [-0.2, 0) is 4.79 Å². The number of Topliss-reactive ketones (excluding diaryl/α,β-unsaturated/α-hetero) is 1. The normalized spacial score (nSPS) is 23.7. The van der Waals surface area contributed by atoms with E-state index in [1.807, 2.05) is 40.2 Å². The standard InChI is InChI=1S/C24H28F3N7O/c1-15-20(5-6-21(30-15)34(4)10-9-33(2)3)31-22-28-14-18-13-19(35)12-17-11-16(24(25,26)27)7-8-29-23(17,18)32-22/h5-8,11,14,18H,9-10,12-13H2,1-4H3,(H,31,32). The number of pyridine rings is 1. The number of hydrogen-bond donors (Lipinski definition) is 1. The number of hydrogen-bond acceptors (Lipinski definition) is 8. The Balaban J connectivity index is 1.62. The first-order valence-electron chi connectivity index (χ1n) is 11.3. The van der Waals surface area contributed by atoms with Gasteiger partial charge < -0.3 is 15.1 Å². The third-order valence-electron chi connectivity index (χ3n) is 6.25. The lowest BCUT2D eigenvalue weighted by Gasteiger charge is -2.39. The molecule has 2 atom stereocenters. The second-order valence-corrected chi connectivity index (χ2v) is 9.19. The number of guanidine groups is 1. The predicted octanol–water partition coefficient (Wildman–Crippen LogP) is 3.42. The monoisotopic (exact) mass is 487 g/mol. The number of ketones is 1. The Morgan fingerprint density at radius 1 is 1.20 bits per heavy atom. The molecule has 1 spiro atoms. The molecule has 1 saturated carbocycles. The largest absolute Gasteiger partial charge is 0.416 e. The highest BCUT2D eigenvalue weighted by Crippen LogP contribution is 2.44. The summed E-state index contributed by atoms with van der Waals surface area (Å²) < 4.78 is 40.3. The van der Waals surface area contributed by atoms with Crippen molar-refractivity contribution < 1.29 is 18.0 Å². The molecule has 0 saturated heterocycles. The van der Waals surface area contributed by atoms with E-state index in [1.165, 1.54) is 0 Å². The summed E-state index contributed by atoms with van der Waals surface area (Å²) >= 11 is 0.